The van der Waals surface area contributed by atoms with Gasteiger partial charge in [0.1, 0.15) is 5.82 Å². The molecule has 31 heavy (non-hydrogen) atoms. The van der Waals surface area contributed by atoms with Crippen molar-refractivity contribution >= 4 is 17.4 Å². The molecule has 1 aliphatic heterocycles. The Morgan fingerprint density at radius 1 is 1.10 bits per heavy atom. The number of rotatable bonds is 5. The first-order chi connectivity index (χ1) is 15.0. The first-order valence-corrected chi connectivity index (χ1v) is 10.1. The number of aryl methyl sites for hydroxylation is 1. The number of morpholine rings is 1. The number of nitrogens with one attached hydrogen (secondary N) is 1. The summed E-state index contributed by atoms with van der Waals surface area (Å²) >= 11 is 0. The lowest BCUT2D eigenvalue weighted by atomic mass is 10.0. The summed E-state index contributed by atoms with van der Waals surface area (Å²) in [4.78, 5) is 19.3. The van der Waals surface area contributed by atoms with Crippen LogP contribution in [-0.4, -0.2) is 37.2 Å². The minimum atomic E-state index is -2.62. The molecule has 2 heterocycles. The molecule has 3 aromatic rings. The molecule has 160 valence electrons. The topological polar surface area (TPSA) is 54.5 Å². The van der Waals surface area contributed by atoms with E-state index >= 15 is 0 Å². The van der Waals surface area contributed by atoms with Crippen molar-refractivity contribution in [3.05, 3.63) is 77.5 Å². The third-order valence-electron chi connectivity index (χ3n) is 5.29. The third-order valence-corrected chi connectivity index (χ3v) is 5.29. The number of nitrogens with zero attached hydrogens (tertiary/aromatic N) is 2. The molecular formula is C24H23F2N3O2. The van der Waals surface area contributed by atoms with E-state index in [-0.39, 0.29) is 11.1 Å². The Hall–Kier alpha value is -3.32. The number of hydrogen-bond donors (Lipinski definition) is 1. The summed E-state index contributed by atoms with van der Waals surface area (Å²) in [5.74, 6) is 0.458. The van der Waals surface area contributed by atoms with Crippen molar-refractivity contribution < 1.29 is 18.3 Å². The maximum Gasteiger partial charge on any atom is 0.263 e. The van der Waals surface area contributed by atoms with Crippen molar-refractivity contribution in [2.75, 3.05) is 36.5 Å². The largest absolute Gasteiger partial charge is 0.378 e. The van der Waals surface area contributed by atoms with Crippen LogP contribution in [0.25, 0.3) is 11.1 Å². The van der Waals surface area contributed by atoms with Gasteiger partial charge in [-0.1, -0.05) is 18.2 Å². The SMILES string of the molecule is Cc1ccc(NC(=O)c2cccc(C(F)F)c2)cc1-c1ccnc(N2CCOCC2)c1. The summed E-state index contributed by atoms with van der Waals surface area (Å²) in [7, 11) is 0. The number of hydrogen-bond acceptors (Lipinski definition) is 4. The van der Waals surface area contributed by atoms with E-state index in [1.54, 1.807) is 12.3 Å². The standard InChI is InChI=1S/C24H23F2N3O2/c1-16-5-6-20(28-24(30)19-4-2-3-18(13-19)23(25)26)15-21(16)17-7-8-27-22(14-17)29-9-11-31-12-10-29/h2-8,13-15,23H,9-12H2,1H3,(H,28,30). The van der Waals surface area contributed by atoms with Gasteiger partial charge in [0.25, 0.3) is 12.3 Å². The van der Waals surface area contributed by atoms with E-state index in [0.717, 1.165) is 35.6 Å². The average Bonchev–Trinajstić information content (AvgIpc) is 2.81. The fourth-order valence-corrected chi connectivity index (χ4v) is 3.58. The van der Waals surface area contributed by atoms with Gasteiger partial charge in [-0.05, 0) is 60.0 Å². The Bertz CT molecular complexity index is 1080. The Labute approximate surface area is 179 Å². The van der Waals surface area contributed by atoms with Gasteiger partial charge in [0, 0.05) is 36.1 Å². The number of halogens is 2. The van der Waals surface area contributed by atoms with Crippen molar-refractivity contribution in [1.29, 1.82) is 0 Å². The third kappa shape index (κ3) is 4.88. The zero-order valence-electron chi connectivity index (χ0n) is 17.1. The molecule has 4 rings (SSSR count). The zero-order chi connectivity index (χ0) is 21.8. The molecule has 1 fully saturated rings. The van der Waals surface area contributed by atoms with Crippen LogP contribution in [0.15, 0.2) is 60.8 Å². The Morgan fingerprint density at radius 3 is 2.68 bits per heavy atom. The second-order valence-corrected chi connectivity index (χ2v) is 7.41. The number of benzene rings is 2. The van der Waals surface area contributed by atoms with Crippen LogP contribution in [0.3, 0.4) is 0 Å². The number of alkyl halides is 2. The maximum absolute atomic E-state index is 12.9. The molecule has 0 unspecified atom stereocenters. The molecular weight excluding hydrogens is 400 g/mol. The van der Waals surface area contributed by atoms with Gasteiger partial charge >= 0.3 is 0 Å². The summed E-state index contributed by atoms with van der Waals surface area (Å²) in [5, 5.41) is 2.81. The summed E-state index contributed by atoms with van der Waals surface area (Å²) < 4.78 is 31.3. The number of carbonyl (C=O) groups is 1. The molecule has 2 aromatic carbocycles. The van der Waals surface area contributed by atoms with E-state index in [9.17, 15) is 13.6 Å². The van der Waals surface area contributed by atoms with Crippen LogP contribution in [0.2, 0.25) is 0 Å². The molecule has 1 saturated heterocycles. The second-order valence-electron chi connectivity index (χ2n) is 7.41. The van der Waals surface area contributed by atoms with Crippen molar-refractivity contribution in [2.24, 2.45) is 0 Å². The molecule has 0 spiro atoms. The molecule has 7 heteroatoms. The zero-order valence-corrected chi connectivity index (χ0v) is 17.1. The van der Waals surface area contributed by atoms with Gasteiger partial charge in [-0.3, -0.25) is 4.79 Å². The number of anilines is 2. The van der Waals surface area contributed by atoms with Crippen LogP contribution < -0.4 is 10.2 Å². The van der Waals surface area contributed by atoms with Gasteiger partial charge in [-0.25, -0.2) is 13.8 Å². The quantitative estimate of drug-likeness (QED) is 0.622. The van der Waals surface area contributed by atoms with Crippen LogP contribution in [0.5, 0.6) is 0 Å². The molecule has 0 bridgehead atoms. The van der Waals surface area contributed by atoms with Gasteiger partial charge in [0.05, 0.1) is 13.2 Å². The molecule has 1 aromatic heterocycles. The Kier molecular flexibility index (Phi) is 6.23. The van der Waals surface area contributed by atoms with Crippen LogP contribution in [0, 0.1) is 6.92 Å². The number of carbonyl (C=O) groups excluding carboxylic acids is 1. The smallest absolute Gasteiger partial charge is 0.263 e. The first-order valence-electron chi connectivity index (χ1n) is 10.1. The minimum Gasteiger partial charge on any atom is -0.378 e. The highest BCUT2D eigenvalue weighted by molar-refractivity contribution is 6.04. The number of pyridine rings is 1. The summed E-state index contributed by atoms with van der Waals surface area (Å²) in [6, 6.07) is 15.1. The maximum atomic E-state index is 12.9. The Morgan fingerprint density at radius 2 is 1.90 bits per heavy atom. The van der Waals surface area contributed by atoms with Crippen LogP contribution in [0.1, 0.15) is 27.9 Å². The minimum absolute atomic E-state index is 0.176. The highest BCUT2D eigenvalue weighted by atomic mass is 19.3. The lowest BCUT2D eigenvalue weighted by Crippen LogP contribution is -2.36. The van der Waals surface area contributed by atoms with Gasteiger partial charge in [-0.2, -0.15) is 0 Å². The fourth-order valence-electron chi connectivity index (χ4n) is 3.58. The highest BCUT2D eigenvalue weighted by Crippen LogP contribution is 2.29. The van der Waals surface area contributed by atoms with E-state index < -0.39 is 12.3 Å². The summed E-state index contributed by atoms with van der Waals surface area (Å²) in [6.07, 6.45) is -0.841. The highest BCUT2D eigenvalue weighted by Gasteiger charge is 2.15. The lowest BCUT2D eigenvalue weighted by molar-refractivity contribution is 0.102. The monoisotopic (exact) mass is 423 g/mol. The van der Waals surface area contributed by atoms with Gasteiger partial charge in [0.15, 0.2) is 0 Å². The molecule has 0 atom stereocenters. The molecule has 1 amide bonds. The predicted octanol–water partition coefficient (Wildman–Crippen LogP) is 5.08. The normalized spacial score (nSPS) is 14.0. The second kappa shape index (κ2) is 9.22. The van der Waals surface area contributed by atoms with Gasteiger partial charge < -0.3 is 15.0 Å². The van der Waals surface area contributed by atoms with Gasteiger partial charge in [-0.15, -0.1) is 0 Å². The fraction of sp³-hybridized carbons (Fsp3) is 0.250. The van der Waals surface area contributed by atoms with Crippen molar-refractivity contribution in [1.82, 2.24) is 4.98 Å². The molecule has 0 radical (unpaired) electrons. The first kappa shape index (κ1) is 20.9. The molecule has 0 saturated carbocycles. The van der Waals surface area contributed by atoms with E-state index in [0.29, 0.717) is 18.9 Å². The number of ether oxygens (including phenoxy) is 1. The van der Waals surface area contributed by atoms with Crippen molar-refractivity contribution in [3.63, 3.8) is 0 Å². The molecule has 1 aliphatic rings. The lowest BCUT2D eigenvalue weighted by Gasteiger charge is -2.28. The number of amides is 1. The van der Waals surface area contributed by atoms with E-state index in [4.69, 9.17) is 4.74 Å². The van der Waals surface area contributed by atoms with Crippen LogP contribution >= 0.6 is 0 Å². The molecule has 5 nitrogen and oxygen atoms in total. The summed E-state index contributed by atoms with van der Waals surface area (Å²) in [5.41, 5.74) is 3.62. The van der Waals surface area contributed by atoms with Crippen molar-refractivity contribution in [2.45, 2.75) is 13.3 Å². The average molecular weight is 423 g/mol. The molecule has 0 aliphatic carbocycles. The van der Waals surface area contributed by atoms with E-state index in [1.165, 1.54) is 24.3 Å². The summed E-state index contributed by atoms with van der Waals surface area (Å²) in [6.45, 7) is 4.95. The van der Waals surface area contributed by atoms with E-state index in [2.05, 4.69) is 15.2 Å². The Balaban J connectivity index is 1.58. The van der Waals surface area contributed by atoms with Gasteiger partial charge in [0.2, 0.25) is 0 Å². The number of aromatic nitrogens is 1. The van der Waals surface area contributed by atoms with Crippen molar-refractivity contribution in [3.8, 4) is 11.1 Å². The molecule has 1 N–H and O–H groups in total. The predicted molar refractivity (Wildman–Crippen MR) is 117 cm³/mol. The van der Waals surface area contributed by atoms with E-state index in [1.807, 2.05) is 31.2 Å². The van der Waals surface area contributed by atoms with Crippen LogP contribution in [-0.2, 0) is 4.74 Å². The van der Waals surface area contributed by atoms with Crippen LogP contribution in [0.4, 0.5) is 20.3 Å².